The molecule has 74 valence electrons. The summed E-state index contributed by atoms with van der Waals surface area (Å²) in [6.07, 6.45) is 0. The van der Waals surface area contributed by atoms with Gasteiger partial charge in [0.05, 0.1) is 12.1 Å². The first-order chi connectivity index (χ1) is 5.96. The van der Waals surface area contributed by atoms with Crippen LogP contribution < -0.4 is 5.69 Å². The first-order valence-corrected chi connectivity index (χ1v) is 4.59. The molecule has 1 aromatic rings. The van der Waals surface area contributed by atoms with Gasteiger partial charge >= 0.3 is 5.69 Å². The highest BCUT2D eigenvalue weighted by atomic mass is 35.5. The molecule has 0 radical (unpaired) electrons. The van der Waals surface area contributed by atoms with Gasteiger partial charge in [-0.25, -0.2) is 4.79 Å². The van der Waals surface area contributed by atoms with E-state index in [0.29, 0.717) is 12.4 Å². The van der Waals surface area contributed by atoms with Crippen molar-refractivity contribution in [2.45, 2.75) is 32.9 Å². The van der Waals surface area contributed by atoms with Crippen LogP contribution in [0.2, 0.25) is 0 Å². The third-order valence-corrected chi connectivity index (χ3v) is 1.74. The van der Waals surface area contributed by atoms with Crippen LogP contribution in [0.15, 0.2) is 4.79 Å². The first kappa shape index (κ1) is 10.2. The summed E-state index contributed by atoms with van der Waals surface area (Å²) in [6.45, 7) is 6.09. The lowest BCUT2D eigenvalue weighted by Gasteiger charge is -2.15. The highest BCUT2D eigenvalue weighted by Gasteiger charge is 2.19. The zero-order valence-corrected chi connectivity index (χ0v) is 8.75. The third-order valence-electron chi connectivity index (χ3n) is 1.57. The average Bonchev–Trinajstić information content (AvgIpc) is 2.32. The number of hydrogen-bond acceptors (Lipinski definition) is 3. The van der Waals surface area contributed by atoms with E-state index in [4.69, 9.17) is 11.6 Å². The maximum atomic E-state index is 11.5. The SMILES string of the molecule is CC(C)(C)n1nnn(CCCl)c1=O. The molecule has 6 heteroatoms. The molecule has 1 heterocycles. The molecule has 0 fully saturated rings. The molecule has 0 N–H and O–H groups in total. The van der Waals surface area contributed by atoms with Crippen molar-refractivity contribution in [2.75, 3.05) is 5.88 Å². The molecule has 0 atom stereocenters. The lowest BCUT2D eigenvalue weighted by Crippen LogP contribution is -2.36. The standard InChI is InChI=1S/C7H13ClN4O/c1-7(2,3)12-6(13)11(5-4-8)9-10-12/h4-5H2,1-3H3. The Bertz CT molecular complexity index is 335. The Labute approximate surface area is 81.3 Å². The van der Waals surface area contributed by atoms with Crippen LogP contribution in [0.3, 0.4) is 0 Å². The molecule has 5 nitrogen and oxygen atoms in total. The number of aryl methyl sites for hydroxylation is 1. The third kappa shape index (κ3) is 2.09. The van der Waals surface area contributed by atoms with Crippen LogP contribution in [0.5, 0.6) is 0 Å². The lowest BCUT2D eigenvalue weighted by atomic mass is 10.1. The van der Waals surface area contributed by atoms with Crippen LogP contribution in [0.1, 0.15) is 20.8 Å². The molecular formula is C7H13ClN4O. The molecule has 0 aliphatic rings. The van der Waals surface area contributed by atoms with Crippen molar-refractivity contribution >= 4 is 11.6 Å². The fraction of sp³-hybridized carbons (Fsp3) is 0.857. The number of nitrogens with zero attached hydrogens (tertiary/aromatic N) is 4. The summed E-state index contributed by atoms with van der Waals surface area (Å²) in [5.41, 5.74) is -0.546. The Morgan fingerprint density at radius 3 is 2.38 bits per heavy atom. The Morgan fingerprint density at radius 1 is 1.38 bits per heavy atom. The van der Waals surface area contributed by atoms with Crippen molar-refractivity contribution in [1.82, 2.24) is 19.8 Å². The van der Waals surface area contributed by atoms with Crippen LogP contribution in [0.25, 0.3) is 0 Å². The highest BCUT2D eigenvalue weighted by Crippen LogP contribution is 2.06. The number of rotatable bonds is 2. The molecule has 0 amide bonds. The summed E-state index contributed by atoms with van der Waals surface area (Å²) in [7, 11) is 0. The van der Waals surface area contributed by atoms with Crippen LogP contribution in [0, 0.1) is 0 Å². The maximum Gasteiger partial charge on any atom is 0.364 e. The Hall–Kier alpha value is -0.840. The Balaban J connectivity index is 3.07. The van der Waals surface area contributed by atoms with Gasteiger partial charge < -0.3 is 0 Å². The Kier molecular flexibility index (Phi) is 2.75. The van der Waals surface area contributed by atoms with Crippen LogP contribution >= 0.6 is 11.6 Å². The minimum Gasteiger partial charge on any atom is -0.244 e. The summed E-state index contributed by atoms with van der Waals surface area (Å²) in [5, 5.41) is 7.47. The van der Waals surface area contributed by atoms with E-state index in [9.17, 15) is 4.79 Å². The Morgan fingerprint density at radius 2 is 2.00 bits per heavy atom. The molecule has 0 saturated carbocycles. The van der Waals surface area contributed by atoms with Crippen molar-refractivity contribution in [1.29, 1.82) is 0 Å². The minimum absolute atomic E-state index is 0.215. The summed E-state index contributed by atoms with van der Waals surface area (Å²) in [4.78, 5) is 11.5. The van der Waals surface area contributed by atoms with Gasteiger partial charge in [0, 0.05) is 5.88 Å². The molecule has 0 bridgehead atoms. The number of hydrogen-bond donors (Lipinski definition) is 0. The molecule has 1 aromatic heterocycles. The van der Waals surface area contributed by atoms with Gasteiger partial charge in [-0.1, -0.05) is 0 Å². The minimum atomic E-state index is -0.332. The number of halogens is 1. The molecule has 0 saturated heterocycles. The van der Waals surface area contributed by atoms with Crippen molar-refractivity contribution in [3.8, 4) is 0 Å². The van der Waals surface area contributed by atoms with Gasteiger partial charge in [-0.3, -0.25) is 0 Å². The molecule has 0 aromatic carbocycles. The van der Waals surface area contributed by atoms with Gasteiger partial charge in [0.25, 0.3) is 0 Å². The summed E-state index contributed by atoms with van der Waals surface area (Å²) >= 11 is 5.49. The zero-order chi connectivity index (χ0) is 10.1. The molecule has 0 spiro atoms. The van der Waals surface area contributed by atoms with Crippen molar-refractivity contribution < 1.29 is 0 Å². The molecule has 1 rings (SSSR count). The lowest BCUT2D eigenvalue weighted by molar-refractivity contribution is 0.336. The van der Waals surface area contributed by atoms with Gasteiger partial charge in [0.2, 0.25) is 0 Å². The van der Waals surface area contributed by atoms with E-state index in [0.717, 1.165) is 0 Å². The second-order valence-corrected chi connectivity index (χ2v) is 4.13. The monoisotopic (exact) mass is 204 g/mol. The van der Waals surface area contributed by atoms with E-state index in [2.05, 4.69) is 10.4 Å². The van der Waals surface area contributed by atoms with Crippen molar-refractivity contribution in [3.05, 3.63) is 10.5 Å². The summed E-state index contributed by atoms with van der Waals surface area (Å²) in [5.74, 6) is 0.364. The van der Waals surface area contributed by atoms with Gasteiger partial charge in [-0.2, -0.15) is 9.36 Å². The highest BCUT2D eigenvalue weighted by molar-refractivity contribution is 6.17. The molecule has 0 unspecified atom stereocenters. The second-order valence-electron chi connectivity index (χ2n) is 3.76. The first-order valence-electron chi connectivity index (χ1n) is 4.06. The largest absolute Gasteiger partial charge is 0.364 e. The molecule has 0 aliphatic carbocycles. The van der Waals surface area contributed by atoms with E-state index in [1.54, 1.807) is 0 Å². The molecule has 0 aliphatic heterocycles. The van der Waals surface area contributed by atoms with Crippen LogP contribution in [-0.4, -0.2) is 25.7 Å². The average molecular weight is 205 g/mol. The van der Waals surface area contributed by atoms with E-state index in [1.807, 2.05) is 20.8 Å². The van der Waals surface area contributed by atoms with Gasteiger partial charge in [0.1, 0.15) is 0 Å². The number of alkyl halides is 1. The topological polar surface area (TPSA) is 52.7 Å². The maximum absolute atomic E-state index is 11.5. The smallest absolute Gasteiger partial charge is 0.244 e. The van der Waals surface area contributed by atoms with E-state index in [1.165, 1.54) is 9.36 Å². The second kappa shape index (κ2) is 3.49. The predicted molar refractivity (Wildman–Crippen MR) is 50.0 cm³/mol. The van der Waals surface area contributed by atoms with Crippen LogP contribution in [0.4, 0.5) is 0 Å². The molecular weight excluding hydrogens is 192 g/mol. The number of tetrazole rings is 1. The predicted octanol–water partition coefficient (Wildman–Crippen LogP) is 0.434. The summed E-state index contributed by atoms with van der Waals surface area (Å²) < 4.78 is 2.61. The van der Waals surface area contributed by atoms with Crippen LogP contribution in [-0.2, 0) is 12.1 Å². The van der Waals surface area contributed by atoms with E-state index < -0.39 is 0 Å². The van der Waals surface area contributed by atoms with E-state index >= 15 is 0 Å². The van der Waals surface area contributed by atoms with Gasteiger partial charge in [0.15, 0.2) is 0 Å². The van der Waals surface area contributed by atoms with Gasteiger partial charge in [-0.05, 0) is 31.2 Å². The fourth-order valence-electron chi connectivity index (χ4n) is 0.916. The fourth-order valence-corrected chi connectivity index (χ4v) is 1.08. The normalized spacial score (nSPS) is 12.0. The van der Waals surface area contributed by atoms with Crippen molar-refractivity contribution in [3.63, 3.8) is 0 Å². The van der Waals surface area contributed by atoms with Crippen molar-refractivity contribution in [2.24, 2.45) is 0 Å². The van der Waals surface area contributed by atoms with E-state index in [-0.39, 0.29) is 11.2 Å². The zero-order valence-electron chi connectivity index (χ0n) is 7.99. The quantitative estimate of drug-likeness (QED) is 0.657. The summed E-state index contributed by atoms with van der Waals surface area (Å²) in [6, 6.07) is 0. The number of aromatic nitrogens is 4. The molecule has 13 heavy (non-hydrogen) atoms. The van der Waals surface area contributed by atoms with Gasteiger partial charge in [-0.15, -0.1) is 11.6 Å².